The van der Waals surface area contributed by atoms with Crippen molar-refractivity contribution in [3.8, 4) is 5.75 Å². The van der Waals surface area contributed by atoms with Crippen LogP contribution in [-0.4, -0.2) is 17.1 Å². The number of carbonyl (C=O) groups excluding carboxylic acids is 1. The van der Waals surface area contributed by atoms with Gasteiger partial charge in [0.1, 0.15) is 5.75 Å². The minimum atomic E-state index is -4.72. The van der Waals surface area contributed by atoms with E-state index in [1.807, 2.05) is 13.8 Å². The minimum absolute atomic E-state index is 0.104. The van der Waals surface area contributed by atoms with Gasteiger partial charge in [-0.05, 0) is 30.2 Å². The molecule has 1 aromatic rings. The molecule has 1 unspecified atom stereocenters. The van der Waals surface area contributed by atoms with Crippen LogP contribution in [0.25, 0.3) is 0 Å². The van der Waals surface area contributed by atoms with Crippen LogP contribution in [0.5, 0.6) is 5.75 Å². The summed E-state index contributed by atoms with van der Waals surface area (Å²) < 4.78 is 39.6. The van der Waals surface area contributed by atoms with Gasteiger partial charge in [0.15, 0.2) is 0 Å². The Labute approximate surface area is 117 Å². The van der Waals surface area contributed by atoms with Gasteiger partial charge in [-0.2, -0.15) is 0 Å². The second-order valence-corrected chi connectivity index (χ2v) is 5.19. The number of hydrogen-bond donors (Lipinski definition) is 1. The first-order valence-corrected chi connectivity index (χ1v) is 6.41. The standard InChI is InChI=1S/C12H13BrF3NO2/c1-7(2)10(13)11(18)17-8-3-5-9(6-4-8)19-12(14,15)16/h3-7,10H,1-2H3,(H,17,18). The van der Waals surface area contributed by atoms with Crippen LogP contribution in [0.4, 0.5) is 18.9 Å². The molecule has 0 heterocycles. The summed E-state index contributed by atoms with van der Waals surface area (Å²) >= 11 is 3.23. The molecule has 7 heteroatoms. The second kappa shape index (κ2) is 6.27. The van der Waals surface area contributed by atoms with Gasteiger partial charge in [-0.15, -0.1) is 13.2 Å². The molecule has 0 spiro atoms. The zero-order valence-corrected chi connectivity index (χ0v) is 11.9. The number of hydrogen-bond acceptors (Lipinski definition) is 2. The van der Waals surface area contributed by atoms with Crippen molar-refractivity contribution in [2.45, 2.75) is 25.0 Å². The van der Waals surface area contributed by atoms with Crippen LogP contribution in [-0.2, 0) is 4.79 Å². The fourth-order valence-electron chi connectivity index (χ4n) is 1.25. The Hall–Kier alpha value is -1.24. The molecule has 106 valence electrons. The average molecular weight is 340 g/mol. The van der Waals surface area contributed by atoms with E-state index in [1.54, 1.807) is 0 Å². The lowest BCUT2D eigenvalue weighted by molar-refractivity contribution is -0.274. The highest BCUT2D eigenvalue weighted by molar-refractivity contribution is 9.10. The first kappa shape index (κ1) is 15.8. The molecule has 0 aliphatic rings. The summed E-state index contributed by atoms with van der Waals surface area (Å²) in [5.74, 6) is -0.475. The molecule has 0 fully saturated rings. The zero-order chi connectivity index (χ0) is 14.6. The third-order valence-corrected chi connectivity index (χ3v) is 3.66. The average Bonchev–Trinajstić information content (AvgIpc) is 2.28. The van der Waals surface area contributed by atoms with Crippen molar-refractivity contribution in [1.29, 1.82) is 0 Å². The van der Waals surface area contributed by atoms with Crippen LogP contribution in [0.3, 0.4) is 0 Å². The molecule has 0 saturated carbocycles. The maximum absolute atomic E-state index is 11.9. The molecular formula is C12H13BrF3NO2. The van der Waals surface area contributed by atoms with E-state index in [1.165, 1.54) is 12.1 Å². The van der Waals surface area contributed by atoms with Crippen molar-refractivity contribution < 1.29 is 22.7 Å². The number of nitrogens with one attached hydrogen (secondary N) is 1. The van der Waals surface area contributed by atoms with Gasteiger partial charge in [0.25, 0.3) is 0 Å². The van der Waals surface area contributed by atoms with Gasteiger partial charge in [-0.1, -0.05) is 29.8 Å². The molecular weight excluding hydrogens is 327 g/mol. The van der Waals surface area contributed by atoms with Gasteiger partial charge >= 0.3 is 6.36 Å². The zero-order valence-electron chi connectivity index (χ0n) is 10.3. The Morgan fingerprint density at radius 3 is 2.21 bits per heavy atom. The number of halogens is 4. The van der Waals surface area contributed by atoms with E-state index >= 15 is 0 Å². The smallest absolute Gasteiger partial charge is 0.406 e. The summed E-state index contributed by atoms with van der Waals surface area (Å²) in [5, 5.41) is 2.59. The molecule has 0 aromatic heterocycles. The summed E-state index contributed by atoms with van der Waals surface area (Å²) in [6.45, 7) is 3.75. The number of benzene rings is 1. The minimum Gasteiger partial charge on any atom is -0.406 e. The van der Waals surface area contributed by atoms with Gasteiger partial charge in [0, 0.05) is 5.69 Å². The normalized spacial score (nSPS) is 13.2. The van der Waals surface area contributed by atoms with Gasteiger partial charge in [-0.25, -0.2) is 0 Å². The van der Waals surface area contributed by atoms with Crippen LogP contribution in [0.1, 0.15) is 13.8 Å². The number of carbonyl (C=O) groups is 1. The van der Waals surface area contributed by atoms with Crippen molar-refractivity contribution >= 4 is 27.5 Å². The predicted molar refractivity (Wildman–Crippen MR) is 69.3 cm³/mol. The van der Waals surface area contributed by atoms with Crippen molar-refractivity contribution in [3.05, 3.63) is 24.3 Å². The monoisotopic (exact) mass is 339 g/mol. The van der Waals surface area contributed by atoms with Crippen LogP contribution in [0.15, 0.2) is 24.3 Å². The predicted octanol–water partition coefficient (Wildman–Crippen LogP) is 3.94. The van der Waals surface area contributed by atoms with E-state index in [2.05, 4.69) is 26.0 Å². The van der Waals surface area contributed by atoms with Crippen molar-refractivity contribution in [2.24, 2.45) is 5.92 Å². The molecule has 0 saturated heterocycles. The number of rotatable bonds is 4. The Kier molecular flexibility index (Phi) is 5.22. The molecule has 1 N–H and O–H groups in total. The molecule has 3 nitrogen and oxygen atoms in total. The molecule has 0 radical (unpaired) electrons. The largest absolute Gasteiger partial charge is 0.573 e. The third-order valence-electron chi connectivity index (χ3n) is 2.19. The molecule has 19 heavy (non-hydrogen) atoms. The topological polar surface area (TPSA) is 38.3 Å². The second-order valence-electron chi connectivity index (χ2n) is 4.21. The maximum atomic E-state index is 11.9. The fraction of sp³-hybridized carbons (Fsp3) is 0.417. The molecule has 0 bridgehead atoms. The molecule has 1 atom stereocenters. The molecule has 0 aliphatic carbocycles. The Balaban J connectivity index is 2.65. The van der Waals surface area contributed by atoms with E-state index < -0.39 is 6.36 Å². The maximum Gasteiger partial charge on any atom is 0.573 e. The molecule has 0 aliphatic heterocycles. The number of ether oxygens (including phenoxy) is 1. The first-order valence-electron chi connectivity index (χ1n) is 5.50. The van der Waals surface area contributed by atoms with Crippen LogP contribution in [0, 0.1) is 5.92 Å². The summed E-state index contributed by atoms with van der Waals surface area (Å²) in [7, 11) is 0. The molecule has 1 rings (SSSR count). The van der Waals surface area contributed by atoms with E-state index in [0.29, 0.717) is 5.69 Å². The highest BCUT2D eigenvalue weighted by Crippen LogP contribution is 2.24. The lowest BCUT2D eigenvalue weighted by Gasteiger charge is -2.14. The fourth-order valence-corrected chi connectivity index (χ4v) is 1.37. The SMILES string of the molecule is CC(C)C(Br)C(=O)Nc1ccc(OC(F)(F)F)cc1. The van der Waals surface area contributed by atoms with Crippen LogP contribution < -0.4 is 10.1 Å². The highest BCUT2D eigenvalue weighted by atomic mass is 79.9. The van der Waals surface area contributed by atoms with Gasteiger partial charge in [0.2, 0.25) is 5.91 Å². The third kappa shape index (κ3) is 5.50. The molecule has 1 amide bonds. The molecule has 1 aromatic carbocycles. The lowest BCUT2D eigenvalue weighted by Crippen LogP contribution is -2.26. The van der Waals surface area contributed by atoms with E-state index in [9.17, 15) is 18.0 Å². The Morgan fingerprint density at radius 1 is 1.26 bits per heavy atom. The quantitative estimate of drug-likeness (QED) is 0.843. The van der Waals surface area contributed by atoms with E-state index in [-0.39, 0.29) is 22.4 Å². The van der Waals surface area contributed by atoms with Crippen LogP contribution in [0.2, 0.25) is 0 Å². The number of amides is 1. The highest BCUT2D eigenvalue weighted by Gasteiger charge is 2.31. The summed E-state index contributed by atoms with van der Waals surface area (Å²) in [4.78, 5) is 11.3. The van der Waals surface area contributed by atoms with Gasteiger partial charge in [0.05, 0.1) is 4.83 Å². The van der Waals surface area contributed by atoms with Gasteiger partial charge in [-0.3, -0.25) is 4.79 Å². The summed E-state index contributed by atoms with van der Waals surface area (Å²) in [6.07, 6.45) is -4.72. The Bertz CT molecular complexity index is 432. The van der Waals surface area contributed by atoms with E-state index in [0.717, 1.165) is 12.1 Å². The van der Waals surface area contributed by atoms with Crippen molar-refractivity contribution in [1.82, 2.24) is 0 Å². The summed E-state index contributed by atoms with van der Waals surface area (Å²) in [6, 6.07) is 4.97. The van der Waals surface area contributed by atoms with Gasteiger partial charge < -0.3 is 10.1 Å². The van der Waals surface area contributed by atoms with E-state index in [4.69, 9.17) is 0 Å². The lowest BCUT2D eigenvalue weighted by atomic mass is 10.1. The van der Waals surface area contributed by atoms with Crippen LogP contribution >= 0.6 is 15.9 Å². The number of alkyl halides is 4. The first-order chi connectivity index (χ1) is 8.69. The summed E-state index contributed by atoms with van der Waals surface area (Å²) in [5.41, 5.74) is 0.407. The Morgan fingerprint density at radius 2 is 1.79 bits per heavy atom. The number of anilines is 1. The van der Waals surface area contributed by atoms with Crippen molar-refractivity contribution in [2.75, 3.05) is 5.32 Å². The van der Waals surface area contributed by atoms with Crippen molar-refractivity contribution in [3.63, 3.8) is 0 Å².